The Bertz CT molecular complexity index is 475. The summed E-state index contributed by atoms with van der Waals surface area (Å²) in [5.41, 5.74) is 2.11. The highest BCUT2D eigenvalue weighted by Gasteiger charge is 2.13. The van der Waals surface area contributed by atoms with E-state index in [1.807, 2.05) is 10.7 Å². The minimum atomic E-state index is 0.744. The molecule has 0 aliphatic heterocycles. The molecule has 0 unspecified atom stereocenters. The number of aryl methyl sites for hydroxylation is 1. The highest BCUT2D eigenvalue weighted by Crippen LogP contribution is 2.24. The second kappa shape index (κ2) is 6.35. The van der Waals surface area contributed by atoms with Gasteiger partial charge >= 0.3 is 0 Å². The van der Waals surface area contributed by atoms with Crippen molar-refractivity contribution in [2.24, 2.45) is 0 Å². The van der Waals surface area contributed by atoms with Crippen LogP contribution in [0, 0.1) is 0 Å². The van der Waals surface area contributed by atoms with Gasteiger partial charge in [-0.2, -0.15) is 0 Å². The van der Waals surface area contributed by atoms with Crippen LogP contribution in [0.15, 0.2) is 22.9 Å². The van der Waals surface area contributed by atoms with E-state index in [2.05, 4.69) is 29.5 Å². The Morgan fingerprint density at radius 1 is 1.33 bits per heavy atom. The number of hydrogen-bond donors (Lipinski definition) is 1. The van der Waals surface area contributed by atoms with Gasteiger partial charge in [-0.25, -0.2) is 4.68 Å². The molecule has 0 amide bonds. The van der Waals surface area contributed by atoms with Crippen LogP contribution in [0.3, 0.4) is 0 Å². The first-order chi connectivity index (χ1) is 8.86. The summed E-state index contributed by atoms with van der Waals surface area (Å²) in [7, 11) is 0. The summed E-state index contributed by atoms with van der Waals surface area (Å²) in [6.07, 6.45) is 5.68. The first kappa shape index (κ1) is 12.8. The molecule has 5 nitrogen and oxygen atoms in total. The maximum atomic E-state index is 5.54. The van der Waals surface area contributed by atoms with Gasteiger partial charge in [0.05, 0.1) is 24.7 Å². The number of nitrogens with one attached hydrogen (secondary N) is 1. The van der Waals surface area contributed by atoms with E-state index in [4.69, 9.17) is 4.42 Å². The fourth-order valence-corrected chi connectivity index (χ4v) is 1.93. The van der Waals surface area contributed by atoms with Gasteiger partial charge < -0.3 is 9.73 Å². The Balaban J connectivity index is 2.17. The Hall–Kier alpha value is -1.62. The summed E-state index contributed by atoms with van der Waals surface area (Å²) in [5.74, 6) is 0.947. The van der Waals surface area contributed by atoms with Crippen molar-refractivity contribution >= 4 is 0 Å². The second-order valence-corrected chi connectivity index (χ2v) is 4.28. The molecule has 0 atom stereocenters. The van der Waals surface area contributed by atoms with Gasteiger partial charge in [0.25, 0.3) is 0 Å². The van der Waals surface area contributed by atoms with Gasteiger partial charge in [0.1, 0.15) is 5.76 Å². The standard InChI is InChI=1S/C13H20N4O/c1-3-6-14-10-13-11(5-8-18-13)12-9-15-16-17(12)7-4-2/h5,8-9,14H,3-4,6-7,10H2,1-2H3. The molecule has 5 heteroatoms. The van der Waals surface area contributed by atoms with Crippen LogP contribution < -0.4 is 5.32 Å². The third kappa shape index (κ3) is 2.79. The average molecular weight is 248 g/mol. The van der Waals surface area contributed by atoms with Crippen LogP contribution in [0.1, 0.15) is 32.4 Å². The van der Waals surface area contributed by atoms with E-state index in [0.29, 0.717) is 0 Å². The Labute approximate surface area is 107 Å². The molecule has 0 aliphatic carbocycles. The van der Waals surface area contributed by atoms with Crippen molar-refractivity contribution in [2.75, 3.05) is 6.54 Å². The maximum absolute atomic E-state index is 5.54. The normalized spacial score (nSPS) is 11.0. The molecule has 0 saturated heterocycles. The van der Waals surface area contributed by atoms with Crippen LogP contribution in [0.2, 0.25) is 0 Å². The smallest absolute Gasteiger partial charge is 0.126 e. The molecule has 2 aromatic rings. The largest absolute Gasteiger partial charge is 0.467 e. The quantitative estimate of drug-likeness (QED) is 0.765. The fraction of sp³-hybridized carbons (Fsp3) is 0.538. The summed E-state index contributed by atoms with van der Waals surface area (Å²) in [6.45, 7) is 6.89. The summed E-state index contributed by atoms with van der Waals surface area (Å²) >= 11 is 0. The molecule has 2 rings (SSSR count). The van der Waals surface area contributed by atoms with Gasteiger partial charge in [0, 0.05) is 12.1 Å². The molecule has 0 bridgehead atoms. The Morgan fingerprint density at radius 3 is 3.00 bits per heavy atom. The first-order valence-corrected chi connectivity index (χ1v) is 6.52. The van der Waals surface area contributed by atoms with Gasteiger partial charge in [-0.1, -0.05) is 19.1 Å². The number of aromatic nitrogens is 3. The third-order valence-corrected chi connectivity index (χ3v) is 2.79. The SMILES string of the molecule is CCCNCc1occc1-c1cnnn1CCC. The third-order valence-electron chi connectivity index (χ3n) is 2.79. The van der Waals surface area contributed by atoms with Crippen LogP contribution >= 0.6 is 0 Å². The zero-order chi connectivity index (χ0) is 12.8. The predicted molar refractivity (Wildman–Crippen MR) is 70.0 cm³/mol. The molecule has 0 radical (unpaired) electrons. The van der Waals surface area contributed by atoms with Crippen molar-refractivity contribution in [3.63, 3.8) is 0 Å². The number of rotatable bonds is 7. The van der Waals surface area contributed by atoms with Gasteiger partial charge in [0.2, 0.25) is 0 Å². The zero-order valence-corrected chi connectivity index (χ0v) is 11.0. The summed E-state index contributed by atoms with van der Waals surface area (Å²) in [5, 5.41) is 11.4. The minimum absolute atomic E-state index is 0.744. The van der Waals surface area contributed by atoms with E-state index in [1.165, 1.54) is 0 Å². The second-order valence-electron chi connectivity index (χ2n) is 4.28. The lowest BCUT2D eigenvalue weighted by Crippen LogP contribution is -2.14. The van der Waals surface area contributed by atoms with E-state index in [0.717, 1.165) is 49.5 Å². The van der Waals surface area contributed by atoms with Crippen molar-refractivity contribution < 1.29 is 4.42 Å². The molecule has 2 heterocycles. The van der Waals surface area contributed by atoms with E-state index in [1.54, 1.807) is 12.5 Å². The Kier molecular flexibility index (Phi) is 4.52. The van der Waals surface area contributed by atoms with Gasteiger partial charge in [-0.05, 0) is 25.5 Å². The molecule has 0 spiro atoms. The molecular weight excluding hydrogens is 228 g/mol. The molecule has 0 aliphatic rings. The molecule has 1 N–H and O–H groups in total. The van der Waals surface area contributed by atoms with Crippen molar-refractivity contribution in [3.05, 3.63) is 24.3 Å². The Morgan fingerprint density at radius 2 is 2.22 bits per heavy atom. The van der Waals surface area contributed by atoms with Gasteiger partial charge in [0.15, 0.2) is 0 Å². The van der Waals surface area contributed by atoms with Crippen LogP contribution in [0.25, 0.3) is 11.3 Å². The van der Waals surface area contributed by atoms with Crippen molar-refractivity contribution in [3.8, 4) is 11.3 Å². The summed E-state index contributed by atoms with van der Waals surface area (Å²) in [6, 6.07) is 1.98. The molecular formula is C13H20N4O. The van der Waals surface area contributed by atoms with Crippen LogP contribution in [-0.2, 0) is 13.1 Å². The summed E-state index contributed by atoms with van der Waals surface area (Å²) in [4.78, 5) is 0. The molecule has 0 aromatic carbocycles. The topological polar surface area (TPSA) is 55.9 Å². The van der Waals surface area contributed by atoms with E-state index in [-0.39, 0.29) is 0 Å². The van der Waals surface area contributed by atoms with Crippen molar-refractivity contribution in [2.45, 2.75) is 39.8 Å². The molecule has 18 heavy (non-hydrogen) atoms. The van der Waals surface area contributed by atoms with Crippen LogP contribution in [0.5, 0.6) is 0 Å². The van der Waals surface area contributed by atoms with E-state index < -0.39 is 0 Å². The lowest BCUT2D eigenvalue weighted by molar-refractivity contribution is 0.483. The zero-order valence-electron chi connectivity index (χ0n) is 11.0. The van der Waals surface area contributed by atoms with E-state index >= 15 is 0 Å². The monoisotopic (exact) mass is 248 g/mol. The van der Waals surface area contributed by atoms with Crippen LogP contribution in [0.4, 0.5) is 0 Å². The number of hydrogen-bond acceptors (Lipinski definition) is 4. The van der Waals surface area contributed by atoms with Gasteiger partial charge in [-0.15, -0.1) is 5.10 Å². The molecule has 0 saturated carbocycles. The highest BCUT2D eigenvalue weighted by atomic mass is 16.3. The van der Waals surface area contributed by atoms with Crippen LogP contribution in [-0.4, -0.2) is 21.5 Å². The molecule has 0 fully saturated rings. The lowest BCUT2D eigenvalue weighted by Gasteiger charge is -2.06. The maximum Gasteiger partial charge on any atom is 0.126 e. The van der Waals surface area contributed by atoms with Crippen molar-refractivity contribution in [1.29, 1.82) is 0 Å². The molecule has 2 aromatic heterocycles. The fourth-order valence-electron chi connectivity index (χ4n) is 1.93. The average Bonchev–Trinajstić information content (AvgIpc) is 2.98. The number of nitrogens with zero attached hydrogens (tertiary/aromatic N) is 3. The van der Waals surface area contributed by atoms with E-state index in [9.17, 15) is 0 Å². The first-order valence-electron chi connectivity index (χ1n) is 6.52. The van der Waals surface area contributed by atoms with Gasteiger partial charge in [-0.3, -0.25) is 0 Å². The predicted octanol–water partition coefficient (Wildman–Crippen LogP) is 2.45. The highest BCUT2D eigenvalue weighted by molar-refractivity contribution is 5.60. The minimum Gasteiger partial charge on any atom is -0.467 e. The lowest BCUT2D eigenvalue weighted by atomic mass is 10.2. The van der Waals surface area contributed by atoms with Crippen molar-refractivity contribution in [1.82, 2.24) is 20.3 Å². The molecule has 98 valence electrons. The summed E-state index contributed by atoms with van der Waals surface area (Å²) < 4.78 is 7.46. The number of furan rings is 1.